The first kappa shape index (κ1) is 13.3. The van der Waals surface area contributed by atoms with Gasteiger partial charge < -0.3 is 0 Å². The van der Waals surface area contributed by atoms with Crippen molar-refractivity contribution in [1.82, 2.24) is 8.96 Å². The van der Waals surface area contributed by atoms with Crippen LogP contribution in [0.3, 0.4) is 0 Å². The Morgan fingerprint density at radius 1 is 0.905 bits per heavy atom. The second-order valence-corrected chi connectivity index (χ2v) is 6.17. The number of H-pyrrole nitrogens is 1. The Hall–Kier alpha value is -2.67. The predicted molar refractivity (Wildman–Crippen MR) is 77.9 cm³/mol. The molecule has 0 saturated carbocycles. The summed E-state index contributed by atoms with van der Waals surface area (Å²) >= 11 is 0. The number of aromatic amines is 1. The van der Waals surface area contributed by atoms with E-state index in [-0.39, 0.29) is 4.90 Å². The highest BCUT2D eigenvalue weighted by molar-refractivity contribution is 7.90. The Morgan fingerprint density at radius 3 is 2.38 bits per heavy atom. The standard InChI is InChI=1S/C14H10N2O4S/c17-13-8-9-16(14(18)15-13)21(19,20)12-7-3-5-10-4-1-2-6-11(10)12/h1-9H,(H,15,17,18). The van der Waals surface area contributed by atoms with Gasteiger partial charge in [0, 0.05) is 17.6 Å². The maximum atomic E-state index is 12.6. The Bertz CT molecular complexity index is 1040. The topological polar surface area (TPSA) is 89.0 Å². The van der Waals surface area contributed by atoms with E-state index in [1.165, 1.54) is 6.07 Å². The van der Waals surface area contributed by atoms with Gasteiger partial charge in [-0.05, 0) is 11.5 Å². The molecular formula is C14H10N2O4S. The summed E-state index contributed by atoms with van der Waals surface area (Å²) in [6, 6.07) is 12.8. The first-order valence-electron chi connectivity index (χ1n) is 6.05. The van der Waals surface area contributed by atoms with Gasteiger partial charge in [-0.15, -0.1) is 0 Å². The maximum Gasteiger partial charge on any atom is 0.342 e. The number of fused-ring (bicyclic) bond motifs is 1. The number of rotatable bonds is 2. The molecule has 1 N–H and O–H groups in total. The number of hydrogen-bond acceptors (Lipinski definition) is 4. The van der Waals surface area contributed by atoms with Gasteiger partial charge in [0.05, 0.1) is 4.90 Å². The van der Waals surface area contributed by atoms with Crippen molar-refractivity contribution in [3.05, 3.63) is 75.6 Å². The minimum atomic E-state index is -4.08. The molecule has 0 fully saturated rings. The minimum Gasteiger partial charge on any atom is -0.273 e. The summed E-state index contributed by atoms with van der Waals surface area (Å²) in [5.74, 6) is 0. The Balaban J connectivity index is 2.36. The van der Waals surface area contributed by atoms with E-state index in [0.717, 1.165) is 17.6 Å². The second kappa shape index (κ2) is 4.71. The van der Waals surface area contributed by atoms with E-state index in [9.17, 15) is 18.0 Å². The molecule has 7 heteroatoms. The summed E-state index contributed by atoms with van der Waals surface area (Å²) in [5, 5.41) is 1.26. The van der Waals surface area contributed by atoms with E-state index < -0.39 is 21.3 Å². The normalized spacial score (nSPS) is 11.6. The molecule has 0 spiro atoms. The second-order valence-electron chi connectivity index (χ2n) is 4.39. The minimum absolute atomic E-state index is 0.00903. The summed E-state index contributed by atoms with van der Waals surface area (Å²) in [6.07, 6.45) is 0.957. The lowest BCUT2D eigenvalue weighted by Crippen LogP contribution is -2.33. The van der Waals surface area contributed by atoms with Gasteiger partial charge in [0.25, 0.3) is 15.6 Å². The van der Waals surface area contributed by atoms with Crippen molar-refractivity contribution in [3.8, 4) is 0 Å². The molecule has 0 aliphatic rings. The van der Waals surface area contributed by atoms with E-state index in [4.69, 9.17) is 0 Å². The Morgan fingerprint density at radius 2 is 1.62 bits per heavy atom. The van der Waals surface area contributed by atoms with Gasteiger partial charge in [-0.2, -0.15) is 3.97 Å². The smallest absolute Gasteiger partial charge is 0.273 e. The molecule has 0 atom stereocenters. The summed E-state index contributed by atoms with van der Waals surface area (Å²) in [4.78, 5) is 24.7. The van der Waals surface area contributed by atoms with E-state index in [1.54, 1.807) is 36.4 Å². The van der Waals surface area contributed by atoms with Crippen LogP contribution in [0, 0.1) is 0 Å². The molecule has 21 heavy (non-hydrogen) atoms. The summed E-state index contributed by atoms with van der Waals surface area (Å²) in [5.41, 5.74) is -1.64. The first-order valence-corrected chi connectivity index (χ1v) is 7.49. The largest absolute Gasteiger partial charge is 0.342 e. The average Bonchev–Trinajstić information content (AvgIpc) is 2.46. The lowest BCUT2D eigenvalue weighted by Gasteiger charge is -2.09. The SMILES string of the molecule is O=c1ccn(S(=O)(=O)c2cccc3ccccc23)c(=O)[nH]1. The van der Waals surface area contributed by atoms with Gasteiger partial charge >= 0.3 is 5.69 Å². The number of aromatic nitrogens is 2. The molecule has 1 aromatic heterocycles. The van der Waals surface area contributed by atoms with Crippen molar-refractivity contribution < 1.29 is 8.42 Å². The van der Waals surface area contributed by atoms with Crippen LogP contribution in [0.1, 0.15) is 0 Å². The molecule has 3 rings (SSSR count). The molecule has 0 unspecified atom stereocenters. The first-order chi connectivity index (χ1) is 10.00. The third-order valence-electron chi connectivity index (χ3n) is 3.08. The van der Waals surface area contributed by atoms with Crippen molar-refractivity contribution in [2.24, 2.45) is 0 Å². The zero-order chi connectivity index (χ0) is 15.0. The van der Waals surface area contributed by atoms with Crippen molar-refractivity contribution in [2.75, 3.05) is 0 Å². The van der Waals surface area contributed by atoms with E-state index in [0.29, 0.717) is 9.36 Å². The van der Waals surface area contributed by atoms with Crippen LogP contribution >= 0.6 is 0 Å². The van der Waals surface area contributed by atoms with Crippen molar-refractivity contribution in [3.63, 3.8) is 0 Å². The molecular weight excluding hydrogens is 292 g/mol. The molecule has 1 heterocycles. The summed E-state index contributed by atoms with van der Waals surface area (Å²) in [6.45, 7) is 0. The van der Waals surface area contributed by atoms with E-state index >= 15 is 0 Å². The Labute approximate surface area is 119 Å². The van der Waals surface area contributed by atoms with E-state index in [1.807, 2.05) is 4.98 Å². The molecule has 106 valence electrons. The lowest BCUT2D eigenvalue weighted by molar-refractivity contribution is 0.584. The van der Waals surface area contributed by atoms with Gasteiger partial charge in [0.2, 0.25) is 0 Å². The third-order valence-corrected chi connectivity index (χ3v) is 4.80. The predicted octanol–water partition coefficient (Wildman–Crippen LogP) is 0.927. The number of nitrogens with one attached hydrogen (secondary N) is 1. The van der Waals surface area contributed by atoms with Gasteiger partial charge in [-0.1, -0.05) is 36.4 Å². The van der Waals surface area contributed by atoms with Crippen LogP contribution in [0.2, 0.25) is 0 Å². The third kappa shape index (κ3) is 2.17. The van der Waals surface area contributed by atoms with Gasteiger partial charge in [-0.25, -0.2) is 13.2 Å². The van der Waals surface area contributed by atoms with Gasteiger partial charge in [0.15, 0.2) is 0 Å². The van der Waals surface area contributed by atoms with Gasteiger partial charge in [-0.3, -0.25) is 9.78 Å². The molecule has 0 bridgehead atoms. The van der Waals surface area contributed by atoms with Crippen molar-refractivity contribution in [2.45, 2.75) is 4.90 Å². The molecule has 0 saturated heterocycles. The summed E-state index contributed by atoms with van der Waals surface area (Å²) in [7, 11) is -4.08. The fraction of sp³-hybridized carbons (Fsp3) is 0. The van der Waals surface area contributed by atoms with Crippen LogP contribution in [-0.2, 0) is 10.0 Å². The lowest BCUT2D eigenvalue weighted by atomic mass is 10.1. The molecule has 0 amide bonds. The van der Waals surface area contributed by atoms with Crippen molar-refractivity contribution >= 4 is 20.8 Å². The monoisotopic (exact) mass is 302 g/mol. The van der Waals surface area contributed by atoms with Crippen LogP contribution in [0.25, 0.3) is 10.8 Å². The van der Waals surface area contributed by atoms with Crippen molar-refractivity contribution in [1.29, 1.82) is 0 Å². The maximum absolute atomic E-state index is 12.6. The number of benzene rings is 2. The summed E-state index contributed by atoms with van der Waals surface area (Å²) < 4.78 is 25.8. The van der Waals surface area contributed by atoms with Crippen LogP contribution in [-0.4, -0.2) is 17.4 Å². The highest BCUT2D eigenvalue weighted by atomic mass is 32.2. The Kier molecular flexibility index (Phi) is 2.99. The van der Waals surface area contributed by atoms with E-state index in [2.05, 4.69) is 0 Å². The molecule has 0 radical (unpaired) electrons. The fourth-order valence-electron chi connectivity index (χ4n) is 2.12. The molecule has 0 aliphatic carbocycles. The zero-order valence-electron chi connectivity index (χ0n) is 10.7. The molecule has 2 aromatic carbocycles. The van der Waals surface area contributed by atoms with Gasteiger partial charge in [0.1, 0.15) is 0 Å². The van der Waals surface area contributed by atoms with Crippen LogP contribution in [0.15, 0.2) is 69.2 Å². The highest BCUT2D eigenvalue weighted by Crippen LogP contribution is 2.23. The fourth-order valence-corrected chi connectivity index (χ4v) is 3.53. The number of nitrogens with zero attached hydrogens (tertiary/aromatic N) is 1. The average molecular weight is 302 g/mol. The number of hydrogen-bond donors (Lipinski definition) is 1. The highest BCUT2D eigenvalue weighted by Gasteiger charge is 2.20. The van der Waals surface area contributed by atoms with Crippen LogP contribution in [0.4, 0.5) is 0 Å². The molecule has 6 nitrogen and oxygen atoms in total. The van der Waals surface area contributed by atoms with Crippen LogP contribution in [0.5, 0.6) is 0 Å². The van der Waals surface area contributed by atoms with Crippen LogP contribution < -0.4 is 11.2 Å². The molecule has 3 aromatic rings. The molecule has 0 aliphatic heterocycles. The quantitative estimate of drug-likeness (QED) is 0.762. The zero-order valence-corrected chi connectivity index (χ0v) is 11.5.